The second-order valence-corrected chi connectivity index (χ2v) is 12.2. The van der Waals surface area contributed by atoms with E-state index in [1.54, 1.807) is 0 Å². The first-order chi connectivity index (χ1) is 18.5. The second kappa shape index (κ2) is 9.86. The Balaban J connectivity index is 1.64. The number of nitrogens with zero attached hydrogens (tertiary/aromatic N) is 2. The van der Waals surface area contributed by atoms with Crippen LogP contribution < -0.4 is 0 Å². The predicted octanol–water partition coefficient (Wildman–Crippen LogP) is 10.1. The Morgan fingerprint density at radius 2 is 0.974 bits per heavy atom. The smallest absolute Gasteiger partial charge is 0.140 e. The van der Waals surface area contributed by atoms with Crippen LogP contribution in [-0.4, -0.2) is 9.55 Å². The second-order valence-electron chi connectivity index (χ2n) is 9.76. The molecule has 6 aromatic rings. The zero-order valence-corrected chi connectivity index (χ0v) is 24.0. The molecule has 0 spiro atoms. The fraction of sp³-hybridized carbons (Fsp3) is 0.147. The van der Waals surface area contributed by atoms with Crippen molar-refractivity contribution in [2.45, 2.75) is 27.7 Å². The number of rotatable bonds is 5. The van der Waals surface area contributed by atoms with Crippen LogP contribution in [0.15, 0.2) is 91.0 Å². The Morgan fingerprint density at radius 3 is 1.47 bits per heavy atom. The van der Waals surface area contributed by atoms with E-state index in [0.29, 0.717) is 0 Å². The van der Waals surface area contributed by atoms with Crippen LogP contribution in [0.25, 0.3) is 54.8 Å². The van der Waals surface area contributed by atoms with Crippen molar-refractivity contribution in [3.05, 3.63) is 112 Å². The van der Waals surface area contributed by atoms with E-state index in [0.717, 1.165) is 17.1 Å². The normalized spacial score (nSPS) is 11.3. The molecule has 0 N–H and O–H groups in total. The minimum atomic E-state index is 0.994. The molecule has 0 aliphatic heterocycles. The van der Waals surface area contributed by atoms with Crippen LogP contribution in [0.2, 0.25) is 0 Å². The van der Waals surface area contributed by atoms with Gasteiger partial charge in [-0.25, -0.2) is 4.98 Å². The van der Waals surface area contributed by atoms with Gasteiger partial charge >= 0.3 is 0 Å². The molecular weight excluding hydrogens is 501 g/mol. The van der Waals surface area contributed by atoms with E-state index < -0.39 is 0 Å². The summed E-state index contributed by atoms with van der Waals surface area (Å²) in [5, 5.41) is 0. The Bertz CT molecular complexity index is 1740. The van der Waals surface area contributed by atoms with E-state index in [-0.39, 0.29) is 0 Å². The molecule has 3 aromatic heterocycles. The molecule has 0 aliphatic carbocycles. The minimum absolute atomic E-state index is 0.994. The van der Waals surface area contributed by atoms with Gasteiger partial charge in [-0.2, -0.15) is 0 Å². The predicted molar refractivity (Wildman–Crippen MR) is 165 cm³/mol. The molecule has 0 fully saturated rings. The lowest BCUT2D eigenvalue weighted by molar-refractivity contribution is 0.932. The first-order valence-electron chi connectivity index (χ1n) is 12.9. The van der Waals surface area contributed by atoms with Crippen LogP contribution >= 0.6 is 22.7 Å². The highest BCUT2D eigenvalue weighted by Gasteiger charge is 2.28. The maximum absolute atomic E-state index is 5.39. The molecule has 6 rings (SSSR count). The van der Waals surface area contributed by atoms with Gasteiger partial charge in [0.15, 0.2) is 0 Å². The molecule has 0 atom stereocenters. The zero-order chi connectivity index (χ0) is 26.4. The fourth-order valence-corrected chi connectivity index (χ4v) is 7.87. The molecule has 0 bridgehead atoms. The van der Waals surface area contributed by atoms with Gasteiger partial charge in [0, 0.05) is 43.2 Å². The Hall–Kier alpha value is -3.73. The van der Waals surface area contributed by atoms with E-state index in [4.69, 9.17) is 4.98 Å². The summed E-state index contributed by atoms with van der Waals surface area (Å²) in [6.45, 7) is 9.01. The molecule has 0 amide bonds. The van der Waals surface area contributed by atoms with Crippen LogP contribution in [0.1, 0.15) is 20.9 Å². The Labute approximate surface area is 232 Å². The van der Waals surface area contributed by atoms with Gasteiger partial charge in [0.05, 0.1) is 11.4 Å². The third-order valence-corrected chi connectivity index (χ3v) is 9.83. The van der Waals surface area contributed by atoms with Gasteiger partial charge in [0.25, 0.3) is 0 Å². The Kier molecular flexibility index (Phi) is 6.38. The quantitative estimate of drug-likeness (QED) is 0.217. The molecular formula is C34H30N2S2. The Morgan fingerprint density at radius 1 is 0.553 bits per heavy atom. The molecule has 2 nitrogen and oxygen atoms in total. The molecule has 3 heterocycles. The average molecular weight is 531 g/mol. The van der Waals surface area contributed by atoms with Crippen molar-refractivity contribution in [1.29, 1.82) is 0 Å². The zero-order valence-electron chi connectivity index (χ0n) is 22.4. The van der Waals surface area contributed by atoms with Crippen molar-refractivity contribution in [3.8, 4) is 54.8 Å². The van der Waals surface area contributed by atoms with Crippen molar-refractivity contribution in [2.75, 3.05) is 0 Å². The van der Waals surface area contributed by atoms with Crippen molar-refractivity contribution in [2.24, 2.45) is 7.05 Å². The SMILES string of the molecule is Cc1sc(-c2ccccc2)c(C)c1-c1nc(-c2ccccc2)n(C)c1-c1c(C)sc(-c2ccccc2)c1C. The van der Waals surface area contributed by atoms with Crippen molar-refractivity contribution < 1.29 is 0 Å². The van der Waals surface area contributed by atoms with Gasteiger partial charge in [-0.15, -0.1) is 22.7 Å². The molecule has 38 heavy (non-hydrogen) atoms. The largest absolute Gasteiger partial charge is 0.327 e. The van der Waals surface area contributed by atoms with Gasteiger partial charge in [0.1, 0.15) is 5.82 Å². The molecule has 188 valence electrons. The summed E-state index contributed by atoms with van der Waals surface area (Å²) in [7, 11) is 2.17. The van der Waals surface area contributed by atoms with Crippen molar-refractivity contribution >= 4 is 22.7 Å². The molecule has 0 radical (unpaired) electrons. The number of hydrogen-bond acceptors (Lipinski definition) is 3. The maximum Gasteiger partial charge on any atom is 0.140 e. The van der Waals surface area contributed by atoms with E-state index in [2.05, 4.69) is 130 Å². The van der Waals surface area contributed by atoms with Crippen LogP contribution in [0.5, 0.6) is 0 Å². The van der Waals surface area contributed by atoms with E-state index in [1.807, 2.05) is 22.7 Å². The molecule has 0 unspecified atom stereocenters. The van der Waals surface area contributed by atoms with E-state index in [9.17, 15) is 0 Å². The highest BCUT2D eigenvalue weighted by molar-refractivity contribution is 7.16. The van der Waals surface area contributed by atoms with Crippen LogP contribution in [0, 0.1) is 27.7 Å². The number of hydrogen-bond donors (Lipinski definition) is 0. The third kappa shape index (κ3) is 4.05. The highest BCUT2D eigenvalue weighted by atomic mass is 32.1. The van der Waals surface area contributed by atoms with Gasteiger partial charge < -0.3 is 4.57 Å². The summed E-state index contributed by atoms with van der Waals surface area (Å²) in [6.07, 6.45) is 0. The monoisotopic (exact) mass is 530 g/mol. The summed E-state index contributed by atoms with van der Waals surface area (Å²) in [4.78, 5) is 10.7. The molecule has 4 heteroatoms. The summed E-state index contributed by atoms with van der Waals surface area (Å²) in [5.74, 6) is 0.994. The van der Waals surface area contributed by atoms with Crippen LogP contribution in [0.3, 0.4) is 0 Å². The van der Waals surface area contributed by atoms with Crippen molar-refractivity contribution in [1.82, 2.24) is 9.55 Å². The maximum atomic E-state index is 5.39. The van der Waals surface area contributed by atoms with E-state index in [1.165, 1.54) is 58.6 Å². The first-order valence-corrected chi connectivity index (χ1v) is 14.5. The number of imidazole rings is 1. The summed E-state index contributed by atoms with van der Waals surface area (Å²) in [6, 6.07) is 32.0. The highest BCUT2D eigenvalue weighted by Crippen LogP contribution is 2.49. The van der Waals surface area contributed by atoms with Crippen LogP contribution in [0.4, 0.5) is 0 Å². The van der Waals surface area contributed by atoms with Crippen LogP contribution in [-0.2, 0) is 7.05 Å². The summed E-state index contributed by atoms with van der Waals surface area (Å²) >= 11 is 3.75. The molecule has 0 saturated heterocycles. The van der Waals surface area contributed by atoms with Crippen molar-refractivity contribution in [3.63, 3.8) is 0 Å². The summed E-state index contributed by atoms with van der Waals surface area (Å²) in [5.41, 5.74) is 11.1. The molecule has 0 saturated carbocycles. The summed E-state index contributed by atoms with van der Waals surface area (Å²) < 4.78 is 2.31. The first kappa shape index (κ1) is 24.6. The topological polar surface area (TPSA) is 17.8 Å². The van der Waals surface area contributed by atoms with Gasteiger partial charge in [-0.1, -0.05) is 91.0 Å². The number of aryl methyl sites for hydroxylation is 2. The van der Waals surface area contributed by atoms with Gasteiger partial charge in [-0.05, 0) is 49.9 Å². The van der Waals surface area contributed by atoms with E-state index >= 15 is 0 Å². The lowest BCUT2D eigenvalue weighted by Crippen LogP contribution is -1.97. The van der Waals surface area contributed by atoms with Gasteiger partial charge in [0.2, 0.25) is 0 Å². The average Bonchev–Trinajstić information content (AvgIpc) is 3.54. The number of thiophene rings is 2. The standard InChI is InChI=1S/C34H30N2S2/c1-21-28(23(3)37-32(21)25-15-9-6-10-16-25)30-31(36(5)34(35-30)27-19-13-8-14-20-27)29-22(2)33(38-24(29)4)26-17-11-7-12-18-26/h6-20H,1-5H3. The molecule has 3 aromatic carbocycles. The third-order valence-electron chi connectivity index (χ3n) is 7.32. The fourth-order valence-electron chi connectivity index (χ4n) is 5.54. The molecule has 0 aliphatic rings. The number of benzene rings is 3. The van der Waals surface area contributed by atoms with Gasteiger partial charge in [-0.3, -0.25) is 0 Å². The lowest BCUT2D eigenvalue weighted by Gasteiger charge is -2.11. The number of aromatic nitrogens is 2. The minimum Gasteiger partial charge on any atom is -0.327 e. The lowest BCUT2D eigenvalue weighted by atomic mass is 9.97.